The van der Waals surface area contributed by atoms with Crippen molar-refractivity contribution in [2.24, 2.45) is 0 Å². The van der Waals surface area contributed by atoms with Crippen molar-refractivity contribution in [2.75, 3.05) is 0 Å². The highest BCUT2D eigenvalue weighted by Gasteiger charge is 2.19. The molecule has 0 unspecified atom stereocenters. The molecule has 3 nitrogen and oxygen atoms in total. The van der Waals surface area contributed by atoms with Gasteiger partial charge in [0.1, 0.15) is 11.5 Å². The van der Waals surface area contributed by atoms with E-state index in [-0.39, 0.29) is 5.75 Å². The molecule has 0 saturated carbocycles. The normalized spacial score (nSPS) is 14.1. The van der Waals surface area contributed by atoms with Crippen LogP contribution in [0.5, 0.6) is 11.5 Å². The summed E-state index contributed by atoms with van der Waals surface area (Å²) in [6.45, 7) is 2.11. The second-order valence-electron chi connectivity index (χ2n) is 5.85. The van der Waals surface area contributed by atoms with Crippen LogP contribution in [0.4, 0.5) is 0 Å². The number of hydrogen-bond acceptors (Lipinski definition) is 3. The SMILES string of the molecule is CCC1=C(c2ccc(O)cc2C#N)CCCc2cc(O)ccc21. The monoisotopic (exact) mass is 305 g/mol. The van der Waals surface area contributed by atoms with Crippen LogP contribution >= 0.6 is 0 Å². The van der Waals surface area contributed by atoms with Crippen LogP contribution in [0.1, 0.15) is 48.4 Å². The van der Waals surface area contributed by atoms with E-state index in [4.69, 9.17) is 0 Å². The molecule has 3 rings (SSSR count). The number of nitriles is 1. The van der Waals surface area contributed by atoms with Crippen molar-refractivity contribution in [2.45, 2.75) is 32.6 Å². The maximum Gasteiger partial charge on any atom is 0.116 e. The molecule has 23 heavy (non-hydrogen) atoms. The molecule has 0 aliphatic heterocycles. The van der Waals surface area contributed by atoms with E-state index in [1.54, 1.807) is 12.1 Å². The van der Waals surface area contributed by atoms with Gasteiger partial charge in [0.15, 0.2) is 0 Å². The number of allylic oxidation sites excluding steroid dienone is 2. The van der Waals surface area contributed by atoms with Crippen molar-refractivity contribution in [1.29, 1.82) is 5.26 Å². The molecule has 0 aromatic heterocycles. The van der Waals surface area contributed by atoms with E-state index in [1.807, 2.05) is 18.2 Å². The molecule has 0 spiro atoms. The van der Waals surface area contributed by atoms with E-state index in [9.17, 15) is 15.5 Å². The summed E-state index contributed by atoms with van der Waals surface area (Å²) in [5, 5.41) is 28.8. The van der Waals surface area contributed by atoms with Gasteiger partial charge in [0.05, 0.1) is 11.6 Å². The largest absolute Gasteiger partial charge is 0.508 e. The molecular formula is C20H19NO2. The Morgan fingerprint density at radius 3 is 2.39 bits per heavy atom. The van der Waals surface area contributed by atoms with E-state index >= 15 is 0 Å². The molecule has 2 aromatic rings. The molecule has 0 amide bonds. The van der Waals surface area contributed by atoms with Gasteiger partial charge in [-0.3, -0.25) is 0 Å². The average molecular weight is 305 g/mol. The van der Waals surface area contributed by atoms with Crippen molar-refractivity contribution in [3.63, 3.8) is 0 Å². The van der Waals surface area contributed by atoms with E-state index in [0.717, 1.165) is 42.4 Å². The smallest absolute Gasteiger partial charge is 0.116 e. The fourth-order valence-electron chi connectivity index (χ4n) is 3.44. The minimum absolute atomic E-state index is 0.114. The van der Waals surface area contributed by atoms with Crippen molar-refractivity contribution < 1.29 is 10.2 Å². The maximum atomic E-state index is 9.75. The van der Waals surface area contributed by atoms with E-state index in [0.29, 0.717) is 11.3 Å². The number of phenolic OH excluding ortho intramolecular Hbond substituents is 2. The first-order valence-electron chi connectivity index (χ1n) is 7.91. The van der Waals surface area contributed by atoms with Gasteiger partial charge in [0.25, 0.3) is 0 Å². The molecule has 2 aromatic carbocycles. The lowest BCUT2D eigenvalue weighted by Crippen LogP contribution is -1.95. The molecule has 0 heterocycles. The van der Waals surface area contributed by atoms with Crippen LogP contribution in [0.15, 0.2) is 36.4 Å². The number of nitrogens with zero attached hydrogens (tertiary/aromatic N) is 1. The van der Waals surface area contributed by atoms with Gasteiger partial charge >= 0.3 is 0 Å². The van der Waals surface area contributed by atoms with Gasteiger partial charge in [-0.15, -0.1) is 0 Å². The number of benzene rings is 2. The fraction of sp³-hybridized carbons (Fsp3) is 0.250. The van der Waals surface area contributed by atoms with Gasteiger partial charge in [-0.2, -0.15) is 5.26 Å². The summed E-state index contributed by atoms with van der Waals surface area (Å²) in [6, 6.07) is 12.7. The first-order valence-corrected chi connectivity index (χ1v) is 7.91. The van der Waals surface area contributed by atoms with Crippen LogP contribution in [-0.4, -0.2) is 10.2 Å². The lowest BCUT2D eigenvalue weighted by atomic mass is 9.89. The van der Waals surface area contributed by atoms with Gasteiger partial charge in [-0.1, -0.05) is 13.0 Å². The highest BCUT2D eigenvalue weighted by Crippen LogP contribution is 2.39. The summed E-state index contributed by atoms with van der Waals surface area (Å²) in [4.78, 5) is 0. The van der Waals surface area contributed by atoms with Crippen LogP contribution in [0.3, 0.4) is 0 Å². The third-order valence-electron chi connectivity index (χ3n) is 4.45. The number of aryl methyl sites for hydroxylation is 1. The summed E-state index contributed by atoms with van der Waals surface area (Å²) in [6.07, 6.45) is 3.63. The Hall–Kier alpha value is -2.73. The second kappa shape index (κ2) is 6.18. The highest BCUT2D eigenvalue weighted by molar-refractivity contribution is 5.93. The van der Waals surface area contributed by atoms with Crippen molar-refractivity contribution in [3.8, 4) is 17.6 Å². The molecule has 0 saturated heterocycles. The second-order valence-corrected chi connectivity index (χ2v) is 5.85. The van der Waals surface area contributed by atoms with Crippen molar-refractivity contribution >= 4 is 11.1 Å². The first-order chi connectivity index (χ1) is 11.1. The molecular weight excluding hydrogens is 286 g/mol. The number of aromatic hydroxyl groups is 2. The quantitative estimate of drug-likeness (QED) is 0.850. The van der Waals surface area contributed by atoms with Crippen LogP contribution in [0, 0.1) is 11.3 Å². The molecule has 1 aliphatic rings. The standard InChI is InChI=1S/C20H19NO2/c1-2-17-18-8-6-15(22)10-13(18)4-3-5-20(17)19-9-7-16(23)11-14(19)12-21/h6-11,22-23H,2-5H2,1H3. The summed E-state index contributed by atoms with van der Waals surface area (Å²) in [5.74, 6) is 0.410. The minimum Gasteiger partial charge on any atom is -0.508 e. The molecule has 0 bridgehead atoms. The third-order valence-corrected chi connectivity index (χ3v) is 4.45. The molecule has 1 aliphatic carbocycles. The number of rotatable bonds is 2. The van der Waals surface area contributed by atoms with Crippen LogP contribution in [0.2, 0.25) is 0 Å². The van der Waals surface area contributed by atoms with Gasteiger partial charge < -0.3 is 10.2 Å². The zero-order valence-corrected chi connectivity index (χ0v) is 13.1. The predicted octanol–water partition coefficient (Wildman–Crippen LogP) is 4.63. The zero-order chi connectivity index (χ0) is 16.4. The van der Waals surface area contributed by atoms with Gasteiger partial charge in [0, 0.05) is 0 Å². The number of hydrogen-bond donors (Lipinski definition) is 2. The van der Waals surface area contributed by atoms with Crippen LogP contribution in [0.25, 0.3) is 11.1 Å². The Labute approximate surface area is 136 Å². The van der Waals surface area contributed by atoms with E-state index in [2.05, 4.69) is 13.0 Å². The van der Waals surface area contributed by atoms with Crippen LogP contribution in [-0.2, 0) is 6.42 Å². The Bertz CT molecular complexity index is 828. The lowest BCUT2D eigenvalue weighted by Gasteiger charge is -2.15. The van der Waals surface area contributed by atoms with Crippen molar-refractivity contribution in [1.82, 2.24) is 0 Å². The Kier molecular flexibility index (Phi) is 4.08. The molecule has 0 atom stereocenters. The Balaban J connectivity index is 2.24. The number of phenols is 2. The molecule has 2 N–H and O–H groups in total. The van der Waals surface area contributed by atoms with Gasteiger partial charge in [0.2, 0.25) is 0 Å². The molecule has 0 radical (unpaired) electrons. The summed E-state index contributed by atoms with van der Waals surface area (Å²) < 4.78 is 0. The Morgan fingerprint density at radius 2 is 1.70 bits per heavy atom. The van der Waals surface area contributed by atoms with Gasteiger partial charge in [-0.25, -0.2) is 0 Å². The Morgan fingerprint density at radius 1 is 1.00 bits per heavy atom. The minimum atomic E-state index is 0.114. The summed E-state index contributed by atoms with van der Waals surface area (Å²) >= 11 is 0. The van der Waals surface area contributed by atoms with E-state index < -0.39 is 0 Å². The highest BCUT2D eigenvalue weighted by atomic mass is 16.3. The first kappa shape index (κ1) is 15.2. The fourth-order valence-corrected chi connectivity index (χ4v) is 3.44. The topological polar surface area (TPSA) is 64.2 Å². The third kappa shape index (κ3) is 2.80. The zero-order valence-electron chi connectivity index (χ0n) is 13.1. The van der Waals surface area contributed by atoms with E-state index in [1.165, 1.54) is 17.2 Å². The predicted molar refractivity (Wildman–Crippen MR) is 91.0 cm³/mol. The number of fused-ring (bicyclic) bond motifs is 1. The average Bonchev–Trinajstić information content (AvgIpc) is 2.73. The molecule has 0 fully saturated rings. The summed E-state index contributed by atoms with van der Waals surface area (Å²) in [5.41, 5.74) is 6.13. The van der Waals surface area contributed by atoms with Gasteiger partial charge in [-0.05, 0) is 83.9 Å². The maximum absolute atomic E-state index is 9.75. The lowest BCUT2D eigenvalue weighted by molar-refractivity contribution is 0.474. The molecule has 3 heteroatoms. The van der Waals surface area contributed by atoms with Crippen LogP contribution < -0.4 is 0 Å². The summed E-state index contributed by atoms with van der Waals surface area (Å²) in [7, 11) is 0. The molecule has 116 valence electrons. The van der Waals surface area contributed by atoms with Crippen molar-refractivity contribution in [3.05, 3.63) is 58.7 Å².